The Morgan fingerprint density at radius 1 is 1.31 bits per heavy atom. The molecule has 1 saturated heterocycles. The van der Waals surface area contributed by atoms with Crippen LogP contribution in [-0.2, 0) is 17.8 Å². The smallest absolute Gasteiger partial charge is 0.0813 e. The first-order chi connectivity index (χ1) is 6.40. The van der Waals surface area contributed by atoms with E-state index in [2.05, 4.69) is 6.07 Å². The van der Waals surface area contributed by atoms with Gasteiger partial charge in [0.05, 0.1) is 19.3 Å². The zero-order valence-electron chi connectivity index (χ0n) is 7.57. The molecule has 1 N–H and O–H groups in total. The number of aliphatic hydroxyl groups excluding tert-OH is 1. The normalized spacial score (nSPS) is 20.2. The van der Waals surface area contributed by atoms with Crippen molar-refractivity contribution in [1.29, 1.82) is 0 Å². The molecule has 1 aromatic carbocycles. The number of aliphatic hydroxyl groups is 1. The summed E-state index contributed by atoms with van der Waals surface area (Å²) in [7, 11) is 0. The molecular weight excluding hydrogens is 164 g/mol. The number of aryl methyl sites for hydroxylation is 1. The standard InChI is InChI=1S/C11H14O2/c12-7-10-4-2-1-3-9(10)5-6-11-8-13-11/h1-4,11-12H,5-8H2. The predicted molar refractivity (Wildman–Crippen MR) is 50.4 cm³/mol. The van der Waals surface area contributed by atoms with Gasteiger partial charge in [0.1, 0.15) is 0 Å². The summed E-state index contributed by atoms with van der Waals surface area (Å²) in [6.07, 6.45) is 2.57. The Morgan fingerprint density at radius 2 is 2.00 bits per heavy atom. The molecule has 1 unspecified atom stereocenters. The molecule has 2 heteroatoms. The van der Waals surface area contributed by atoms with Crippen molar-refractivity contribution in [2.24, 2.45) is 0 Å². The third-order valence-electron chi connectivity index (χ3n) is 2.43. The van der Waals surface area contributed by atoms with E-state index in [4.69, 9.17) is 9.84 Å². The van der Waals surface area contributed by atoms with Gasteiger partial charge in [-0.05, 0) is 24.0 Å². The largest absolute Gasteiger partial charge is 0.392 e. The van der Waals surface area contributed by atoms with Gasteiger partial charge in [-0.2, -0.15) is 0 Å². The van der Waals surface area contributed by atoms with Gasteiger partial charge in [0.15, 0.2) is 0 Å². The summed E-state index contributed by atoms with van der Waals surface area (Å²) in [6, 6.07) is 8.03. The summed E-state index contributed by atoms with van der Waals surface area (Å²) in [5, 5.41) is 9.07. The Bertz CT molecular complexity index is 279. The quantitative estimate of drug-likeness (QED) is 0.709. The highest BCUT2D eigenvalue weighted by Gasteiger charge is 2.21. The van der Waals surface area contributed by atoms with Crippen LogP contribution in [0.1, 0.15) is 17.5 Å². The molecule has 1 aromatic rings. The average Bonchev–Trinajstić information content (AvgIpc) is 2.99. The number of benzene rings is 1. The summed E-state index contributed by atoms with van der Waals surface area (Å²) in [6.45, 7) is 1.06. The molecule has 0 aliphatic carbocycles. The molecule has 0 spiro atoms. The van der Waals surface area contributed by atoms with Gasteiger partial charge in [0.2, 0.25) is 0 Å². The molecule has 70 valence electrons. The van der Waals surface area contributed by atoms with Crippen LogP contribution in [0.15, 0.2) is 24.3 Å². The predicted octanol–water partition coefficient (Wildman–Crippen LogP) is 1.51. The van der Waals surface area contributed by atoms with Crippen LogP contribution in [0.3, 0.4) is 0 Å². The minimum atomic E-state index is 0.141. The van der Waals surface area contributed by atoms with E-state index in [1.165, 1.54) is 5.56 Å². The van der Waals surface area contributed by atoms with Crippen molar-refractivity contribution in [2.45, 2.75) is 25.6 Å². The van der Waals surface area contributed by atoms with Crippen LogP contribution in [0, 0.1) is 0 Å². The molecule has 1 atom stereocenters. The van der Waals surface area contributed by atoms with Crippen molar-refractivity contribution >= 4 is 0 Å². The number of ether oxygens (including phenoxy) is 1. The Labute approximate surface area is 78.2 Å². The van der Waals surface area contributed by atoms with Crippen molar-refractivity contribution in [3.8, 4) is 0 Å². The van der Waals surface area contributed by atoms with Crippen LogP contribution in [-0.4, -0.2) is 17.8 Å². The van der Waals surface area contributed by atoms with Crippen molar-refractivity contribution in [2.75, 3.05) is 6.61 Å². The number of hydrogen-bond donors (Lipinski definition) is 1. The maximum Gasteiger partial charge on any atom is 0.0813 e. The summed E-state index contributed by atoms with van der Waals surface area (Å²) in [5.41, 5.74) is 2.30. The van der Waals surface area contributed by atoms with Gasteiger partial charge in [-0.3, -0.25) is 0 Å². The minimum absolute atomic E-state index is 0.141. The maximum absolute atomic E-state index is 9.07. The van der Waals surface area contributed by atoms with Gasteiger partial charge < -0.3 is 9.84 Å². The van der Waals surface area contributed by atoms with E-state index < -0.39 is 0 Å². The fraction of sp³-hybridized carbons (Fsp3) is 0.455. The maximum atomic E-state index is 9.07. The van der Waals surface area contributed by atoms with Crippen LogP contribution >= 0.6 is 0 Å². The molecule has 1 aliphatic rings. The van der Waals surface area contributed by atoms with Gasteiger partial charge in [0, 0.05) is 0 Å². The SMILES string of the molecule is OCc1ccccc1CCC1CO1. The van der Waals surface area contributed by atoms with Crippen molar-refractivity contribution < 1.29 is 9.84 Å². The molecule has 0 amide bonds. The zero-order valence-corrected chi connectivity index (χ0v) is 7.57. The molecule has 1 aliphatic heterocycles. The van der Waals surface area contributed by atoms with E-state index in [-0.39, 0.29) is 6.61 Å². The van der Waals surface area contributed by atoms with Gasteiger partial charge in [0.25, 0.3) is 0 Å². The Morgan fingerprint density at radius 3 is 2.62 bits per heavy atom. The van der Waals surface area contributed by atoms with Crippen LogP contribution < -0.4 is 0 Å². The van der Waals surface area contributed by atoms with Gasteiger partial charge in [-0.25, -0.2) is 0 Å². The second-order valence-corrected chi connectivity index (χ2v) is 3.42. The Kier molecular flexibility index (Phi) is 2.62. The van der Waals surface area contributed by atoms with Crippen LogP contribution in [0.2, 0.25) is 0 Å². The fourth-order valence-electron chi connectivity index (χ4n) is 1.51. The first kappa shape index (κ1) is 8.73. The molecule has 0 radical (unpaired) electrons. The third-order valence-corrected chi connectivity index (χ3v) is 2.43. The highest BCUT2D eigenvalue weighted by Crippen LogP contribution is 2.18. The summed E-state index contributed by atoms with van der Waals surface area (Å²) >= 11 is 0. The van der Waals surface area contributed by atoms with Crippen molar-refractivity contribution in [3.63, 3.8) is 0 Å². The topological polar surface area (TPSA) is 32.8 Å². The molecule has 0 saturated carbocycles. The van der Waals surface area contributed by atoms with E-state index in [1.54, 1.807) is 0 Å². The van der Waals surface area contributed by atoms with Crippen LogP contribution in [0.25, 0.3) is 0 Å². The molecular formula is C11H14O2. The molecule has 0 bridgehead atoms. The van der Waals surface area contributed by atoms with Crippen molar-refractivity contribution in [1.82, 2.24) is 0 Å². The van der Waals surface area contributed by atoms with E-state index in [9.17, 15) is 0 Å². The van der Waals surface area contributed by atoms with E-state index in [0.29, 0.717) is 6.10 Å². The number of hydrogen-bond acceptors (Lipinski definition) is 2. The molecule has 13 heavy (non-hydrogen) atoms. The molecule has 0 aromatic heterocycles. The lowest BCUT2D eigenvalue weighted by Gasteiger charge is -2.05. The molecule has 1 fully saturated rings. The molecule has 2 rings (SSSR count). The first-order valence-electron chi connectivity index (χ1n) is 4.69. The lowest BCUT2D eigenvalue weighted by Crippen LogP contribution is -1.96. The monoisotopic (exact) mass is 178 g/mol. The lowest BCUT2D eigenvalue weighted by molar-refractivity contribution is 0.280. The van der Waals surface area contributed by atoms with E-state index >= 15 is 0 Å². The summed E-state index contributed by atoms with van der Waals surface area (Å²) < 4.78 is 5.14. The molecule has 1 heterocycles. The Balaban J connectivity index is 1.99. The summed E-state index contributed by atoms with van der Waals surface area (Å²) in [5.74, 6) is 0. The number of epoxide rings is 1. The van der Waals surface area contributed by atoms with Crippen LogP contribution in [0.5, 0.6) is 0 Å². The second-order valence-electron chi connectivity index (χ2n) is 3.42. The highest BCUT2D eigenvalue weighted by molar-refractivity contribution is 5.26. The molecule has 2 nitrogen and oxygen atoms in total. The van der Waals surface area contributed by atoms with E-state index in [0.717, 1.165) is 25.0 Å². The Hall–Kier alpha value is -0.860. The van der Waals surface area contributed by atoms with Crippen LogP contribution in [0.4, 0.5) is 0 Å². The lowest BCUT2D eigenvalue weighted by atomic mass is 10.0. The van der Waals surface area contributed by atoms with Gasteiger partial charge >= 0.3 is 0 Å². The second kappa shape index (κ2) is 3.90. The average molecular weight is 178 g/mol. The highest BCUT2D eigenvalue weighted by atomic mass is 16.6. The zero-order chi connectivity index (χ0) is 9.10. The summed E-state index contributed by atoms with van der Waals surface area (Å²) in [4.78, 5) is 0. The van der Waals surface area contributed by atoms with Gasteiger partial charge in [-0.1, -0.05) is 24.3 Å². The van der Waals surface area contributed by atoms with E-state index in [1.807, 2.05) is 18.2 Å². The number of rotatable bonds is 4. The van der Waals surface area contributed by atoms with Gasteiger partial charge in [-0.15, -0.1) is 0 Å². The fourth-order valence-corrected chi connectivity index (χ4v) is 1.51. The minimum Gasteiger partial charge on any atom is -0.392 e. The van der Waals surface area contributed by atoms with Crippen molar-refractivity contribution in [3.05, 3.63) is 35.4 Å². The first-order valence-corrected chi connectivity index (χ1v) is 4.69. The third kappa shape index (κ3) is 2.29.